The number of carbonyl (C=O) groups is 2. The second kappa shape index (κ2) is 10.4. The summed E-state index contributed by atoms with van der Waals surface area (Å²) in [5.41, 5.74) is 2.63. The summed E-state index contributed by atoms with van der Waals surface area (Å²) in [4.78, 5) is 29.1. The molecule has 186 valence electrons. The molecule has 36 heavy (non-hydrogen) atoms. The van der Waals surface area contributed by atoms with Gasteiger partial charge < -0.3 is 25.2 Å². The summed E-state index contributed by atoms with van der Waals surface area (Å²) in [6.07, 6.45) is 2.30. The van der Waals surface area contributed by atoms with Crippen LogP contribution in [0, 0.1) is 5.82 Å². The highest BCUT2D eigenvalue weighted by Gasteiger charge is 2.46. The molecule has 2 aromatic carbocycles. The quantitative estimate of drug-likeness (QED) is 0.468. The molecule has 1 aromatic heterocycles. The highest BCUT2D eigenvalue weighted by Crippen LogP contribution is 2.47. The van der Waals surface area contributed by atoms with E-state index in [4.69, 9.17) is 9.47 Å². The van der Waals surface area contributed by atoms with E-state index in [9.17, 15) is 19.1 Å². The van der Waals surface area contributed by atoms with Gasteiger partial charge >= 0.3 is 0 Å². The molecule has 2 amide bonds. The Morgan fingerprint density at radius 1 is 1.14 bits per heavy atom. The van der Waals surface area contributed by atoms with Crippen LogP contribution in [0.3, 0.4) is 0 Å². The minimum Gasteiger partial charge on any atom is -0.487 e. The van der Waals surface area contributed by atoms with Crippen LogP contribution >= 0.6 is 0 Å². The third kappa shape index (κ3) is 5.22. The molecule has 9 heteroatoms. The van der Waals surface area contributed by atoms with Gasteiger partial charge in [-0.05, 0) is 54.4 Å². The highest BCUT2D eigenvalue weighted by molar-refractivity contribution is 6.04. The molecule has 1 saturated heterocycles. The summed E-state index contributed by atoms with van der Waals surface area (Å²) >= 11 is 0. The standard InChI is InChI=1S/C27H26FN3O5/c28-18-5-1-3-16(9-18)13-30-25(33)12-20-11-22-21-10-19(31-27(34)17-4-2-8-29-14-17)6-7-23(21)36-26(22)24(15-32)35-20/h1-10,14,20,22,24,26,32H,11-13,15H2,(H,30,33)(H,31,34)/t20-,22-,24-,26+/m0/s1. The number of anilines is 1. The van der Waals surface area contributed by atoms with Crippen LogP contribution in [0.1, 0.15) is 40.2 Å². The number of nitrogens with zero attached hydrogens (tertiary/aromatic N) is 1. The summed E-state index contributed by atoms with van der Waals surface area (Å²) in [6, 6.07) is 14.9. The molecule has 0 bridgehead atoms. The molecule has 0 radical (unpaired) electrons. The van der Waals surface area contributed by atoms with E-state index in [1.54, 1.807) is 42.6 Å². The third-order valence-electron chi connectivity index (χ3n) is 6.47. The number of amides is 2. The predicted molar refractivity (Wildman–Crippen MR) is 129 cm³/mol. The summed E-state index contributed by atoms with van der Waals surface area (Å²) in [6.45, 7) is -0.0358. The van der Waals surface area contributed by atoms with Crippen LogP contribution in [0.4, 0.5) is 10.1 Å². The van der Waals surface area contributed by atoms with Gasteiger partial charge in [-0.1, -0.05) is 12.1 Å². The monoisotopic (exact) mass is 491 g/mol. The lowest BCUT2D eigenvalue weighted by Gasteiger charge is -2.37. The van der Waals surface area contributed by atoms with Gasteiger partial charge in [0.25, 0.3) is 5.91 Å². The summed E-state index contributed by atoms with van der Waals surface area (Å²) < 4.78 is 25.5. The number of carbonyl (C=O) groups excluding carboxylic acids is 2. The molecule has 2 aliphatic rings. The normalized spacial score (nSPS) is 22.2. The van der Waals surface area contributed by atoms with Gasteiger partial charge in [-0.3, -0.25) is 14.6 Å². The van der Waals surface area contributed by atoms with E-state index in [0.29, 0.717) is 29.0 Å². The van der Waals surface area contributed by atoms with Crippen LogP contribution in [0.5, 0.6) is 5.75 Å². The Hall–Kier alpha value is -3.82. The van der Waals surface area contributed by atoms with Gasteiger partial charge in [0, 0.05) is 36.1 Å². The molecule has 1 fully saturated rings. The Morgan fingerprint density at radius 2 is 2.03 bits per heavy atom. The van der Waals surface area contributed by atoms with E-state index in [1.165, 1.54) is 18.3 Å². The summed E-state index contributed by atoms with van der Waals surface area (Å²) in [7, 11) is 0. The maximum absolute atomic E-state index is 13.4. The number of hydrogen-bond acceptors (Lipinski definition) is 6. The van der Waals surface area contributed by atoms with Crippen molar-refractivity contribution < 1.29 is 28.6 Å². The Labute approximate surface area is 207 Å². The second-order valence-corrected chi connectivity index (χ2v) is 8.96. The second-order valence-electron chi connectivity index (χ2n) is 8.96. The molecule has 0 spiro atoms. The smallest absolute Gasteiger partial charge is 0.257 e. The fourth-order valence-electron chi connectivity index (χ4n) is 4.79. The number of aliphatic hydroxyl groups is 1. The zero-order valence-electron chi connectivity index (χ0n) is 19.4. The number of halogens is 1. The van der Waals surface area contributed by atoms with Gasteiger partial charge in [-0.25, -0.2) is 4.39 Å². The molecule has 3 heterocycles. The third-order valence-corrected chi connectivity index (χ3v) is 6.47. The molecule has 8 nitrogen and oxygen atoms in total. The lowest BCUT2D eigenvalue weighted by Crippen LogP contribution is -2.47. The van der Waals surface area contributed by atoms with Gasteiger partial charge in [0.1, 0.15) is 23.8 Å². The summed E-state index contributed by atoms with van der Waals surface area (Å²) in [5, 5.41) is 15.6. The molecule has 5 rings (SSSR count). The van der Waals surface area contributed by atoms with Gasteiger partial charge in [0.05, 0.1) is 24.7 Å². The van der Waals surface area contributed by atoms with Crippen molar-refractivity contribution in [2.75, 3.05) is 11.9 Å². The first-order valence-corrected chi connectivity index (χ1v) is 11.8. The van der Waals surface area contributed by atoms with Crippen LogP contribution in [0.2, 0.25) is 0 Å². The first-order valence-electron chi connectivity index (χ1n) is 11.8. The van der Waals surface area contributed by atoms with Crippen molar-refractivity contribution in [1.82, 2.24) is 10.3 Å². The molecular weight excluding hydrogens is 465 g/mol. The maximum atomic E-state index is 13.4. The molecule has 3 aromatic rings. The van der Waals surface area contributed by atoms with E-state index < -0.39 is 12.2 Å². The Kier molecular flexibility index (Phi) is 6.92. The first-order chi connectivity index (χ1) is 17.5. The number of hydrogen-bond donors (Lipinski definition) is 3. The van der Waals surface area contributed by atoms with E-state index in [2.05, 4.69) is 15.6 Å². The number of fused-ring (bicyclic) bond motifs is 3. The zero-order chi connectivity index (χ0) is 25.1. The van der Waals surface area contributed by atoms with Crippen molar-refractivity contribution in [2.24, 2.45) is 0 Å². The van der Waals surface area contributed by atoms with Crippen molar-refractivity contribution >= 4 is 17.5 Å². The minimum atomic E-state index is -0.592. The lowest BCUT2D eigenvalue weighted by molar-refractivity contribution is -0.142. The average Bonchev–Trinajstić information content (AvgIpc) is 3.25. The number of aliphatic hydroxyl groups excluding tert-OH is 1. The van der Waals surface area contributed by atoms with Gasteiger partial charge in [-0.15, -0.1) is 0 Å². The highest BCUT2D eigenvalue weighted by atomic mass is 19.1. The number of ether oxygens (including phenoxy) is 2. The van der Waals surface area contributed by atoms with Gasteiger partial charge in [-0.2, -0.15) is 0 Å². The Balaban J connectivity index is 1.26. The van der Waals surface area contributed by atoms with Crippen molar-refractivity contribution in [3.05, 3.63) is 89.5 Å². The fraction of sp³-hybridized carbons (Fsp3) is 0.296. The van der Waals surface area contributed by atoms with Crippen LogP contribution < -0.4 is 15.4 Å². The molecular formula is C27H26FN3O5. The first kappa shape index (κ1) is 23.9. The fourth-order valence-corrected chi connectivity index (χ4v) is 4.79. The topological polar surface area (TPSA) is 110 Å². The van der Waals surface area contributed by atoms with Crippen LogP contribution in [0.15, 0.2) is 67.0 Å². The SMILES string of the molecule is O=C(C[C@@H]1C[C@H]2c3cc(NC(=O)c4cccnc4)ccc3O[C@H]2[C@H](CO)O1)NCc1cccc(F)c1. The Bertz CT molecular complexity index is 1260. The minimum absolute atomic E-state index is 0.0990. The maximum Gasteiger partial charge on any atom is 0.257 e. The molecule has 3 N–H and O–H groups in total. The van der Waals surface area contributed by atoms with Crippen LogP contribution in [-0.4, -0.2) is 46.8 Å². The van der Waals surface area contributed by atoms with Gasteiger partial charge in [0.2, 0.25) is 5.91 Å². The molecule has 0 aliphatic carbocycles. The lowest BCUT2D eigenvalue weighted by atomic mass is 9.84. The van der Waals surface area contributed by atoms with E-state index in [1.807, 2.05) is 6.07 Å². The number of rotatable bonds is 7. The van der Waals surface area contributed by atoms with Crippen molar-refractivity contribution in [3.63, 3.8) is 0 Å². The predicted octanol–water partition coefficient (Wildman–Crippen LogP) is 3.17. The Morgan fingerprint density at radius 3 is 2.81 bits per heavy atom. The average molecular weight is 492 g/mol. The molecule has 0 unspecified atom stereocenters. The largest absolute Gasteiger partial charge is 0.487 e. The van der Waals surface area contributed by atoms with Crippen LogP contribution in [0.25, 0.3) is 0 Å². The number of aromatic nitrogens is 1. The van der Waals surface area contributed by atoms with Crippen molar-refractivity contribution in [3.8, 4) is 5.75 Å². The van der Waals surface area contributed by atoms with Crippen molar-refractivity contribution in [2.45, 2.75) is 43.6 Å². The van der Waals surface area contributed by atoms with Crippen molar-refractivity contribution in [1.29, 1.82) is 0 Å². The number of nitrogens with one attached hydrogen (secondary N) is 2. The van der Waals surface area contributed by atoms with Crippen LogP contribution in [-0.2, 0) is 16.1 Å². The van der Waals surface area contributed by atoms with E-state index in [-0.39, 0.29) is 49.2 Å². The van der Waals surface area contributed by atoms with Gasteiger partial charge in [0.15, 0.2) is 0 Å². The molecule has 2 aliphatic heterocycles. The van der Waals surface area contributed by atoms with E-state index in [0.717, 1.165) is 5.56 Å². The number of benzene rings is 2. The molecule has 4 atom stereocenters. The molecule has 0 saturated carbocycles. The number of pyridine rings is 1. The summed E-state index contributed by atoms with van der Waals surface area (Å²) in [5.74, 6) is -0.294. The zero-order valence-corrected chi connectivity index (χ0v) is 19.4. The van der Waals surface area contributed by atoms with E-state index >= 15 is 0 Å².